The zero-order chi connectivity index (χ0) is 11.5. The SMILES string of the molecule is O=C(CBr)NS(=O)(=O)c1ccccc1Cl. The van der Waals surface area contributed by atoms with Crippen molar-refractivity contribution >= 4 is 43.5 Å². The lowest BCUT2D eigenvalue weighted by Gasteiger charge is -2.06. The van der Waals surface area contributed by atoms with Crippen molar-refractivity contribution in [2.24, 2.45) is 0 Å². The summed E-state index contributed by atoms with van der Waals surface area (Å²) >= 11 is 8.54. The molecule has 1 N–H and O–H groups in total. The molecule has 0 heterocycles. The normalized spacial score (nSPS) is 11.1. The predicted octanol–water partition coefficient (Wildman–Crippen LogP) is 1.54. The summed E-state index contributed by atoms with van der Waals surface area (Å²) in [7, 11) is -3.86. The van der Waals surface area contributed by atoms with E-state index in [1.165, 1.54) is 18.2 Å². The van der Waals surface area contributed by atoms with Crippen molar-refractivity contribution in [3.8, 4) is 0 Å². The molecule has 0 saturated carbocycles. The van der Waals surface area contributed by atoms with Crippen LogP contribution in [0, 0.1) is 0 Å². The molecular weight excluding hydrogens is 306 g/mol. The van der Waals surface area contributed by atoms with Crippen LogP contribution in [-0.2, 0) is 14.8 Å². The summed E-state index contributed by atoms with van der Waals surface area (Å²) in [6.45, 7) is 0. The van der Waals surface area contributed by atoms with Gasteiger partial charge in [-0.2, -0.15) is 0 Å². The van der Waals surface area contributed by atoms with Gasteiger partial charge in [-0.1, -0.05) is 39.7 Å². The molecule has 0 unspecified atom stereocenters. The standard InChI is InChI=1S/C8H7BrClNO3S/c9-5-8(12)11-15(13,14)7-4-2-1-3-6(7)10/h1-4H,5H2,(H,11,12). The molecule has 0 aliphatic carbocycles. The van der Waals surface area contributed by atoms with Crippen LogP contribution in [0.5, 0.6) is 0 Å². The van der Waals surface area contributed by atoms with E-state index < -0.39 is 15.9 Å². The maximum Gasteiger partial charge on any atom is 0.265 e. The molecule has 1 rings (SSSR count). The van der Waals surface area contributed by atoms with Crippen LogP contribution < -0.4 is 4.72 Å². The van der Waals surface area contributed by atoms with Gasteiger partial charge in [0, 0.05) is 0 Å². The molecule has 1 aromatic carbocycles. The zero-order valence-electron chi connectivity index (χ0n) is 7.41. The van der Waals surface area contributed by atoms with Gasteiger partial charge < -0.3 is 0 Å². The topological polar surface area (TPSA) is 63.2 Å². The van der Waals surface area contributed by atoms with E-state index in [2.05, 4.69) is 15.9 Å². The highest BCUT2D eigenvalue weighted by Gasteiger charge is 2.19. The van der Waals surface area contributed by atoms with E-state index in [0.717, 1.165) is 0 Å². The van der Waals surface area contributed by atoms with Crippen molar-refractivity contribution in [2.75, 3.05) is 5.33 Å². The van der Waals surface area contributed by atoms with Crippen LogP contribution in [0.4, 0.5) is 0 Å². The molecule has 1 aromatic rings. The van der Waals surface area contributed by atoms with Gasteiger partial charge in [0.2, 0.25) is 5.91 Å². The van der Waals surface area contributed by atoms with Crippen LogP contribution in [0.3, 0.4) is 0 Å². The van der Waals surface area contributed by atoms with E-state index in [1.54, 1.807) is 6.07 Å². The molecule has 0 fully saturated rings. The van der Waals surface area contributed by atoms with Crippen LogP contribution >= 0.6 is 27.5 Å². The lowest BCUT2D eigenvalue weighted by Crippen LogP contribution is -2.31. The Morgan fingerprint density at radius 3 is 2.53 bits per heavy atom. The van der Waals surface area contributed by atoms with E-state index in [0.29, 0.717) is 0 Å². The molecule has 0 aliphatic heterocycles. The lowest BCUT2D eigenvalue weighted by atomic mass is 10.4. The third kappa shape index (κ3) is 3.19. The monoisotopic (exact) mass is 311 g/mol. The first-order valence-corrected chi connectivity index (χ1v) is 6.82. The Hall–Kier alpha value is -0.590. The molecule has 0 radical (unpaired) electrons. The second kappa shape index (κ2) is 4.96. The molecule has 7 heteroatoms. The van der Waals surface area contributed by atoms with Crippen molar-refractivity contribution in [2.45, 2.75) is 4.90 Å². The van der Waals surface area contributed by atoms with E-state index in [-0.39, 0.29) is 15.2 Å². The lowest BCUT2D eigenvalue weighted by molar-refractivity contribution is -0.116. The van der Waals surface area contributed by atoms with Crippen LogP contribution in [0.25, 0.3) is 0 Å². The third-order valence-electron chi connectivity index (χ3n) is 1.50. The fourth-order valence-corrected chi connectivity index (χ4v) is 2.73. The maximum atomic E-state index is 11.6. The van der Waals surface area contributed by atoms with Crippen molar-refractivity contribution in [1.29, 1.82) is 0 Å². The van der Waals surface area contributed by atoms with Crippen LogP contribution in [0.1, 0.15) is 0 Å². The number of carbonyl (C=O) groups excluding carboxylic acids is 1. The van der Waals surface area contributed by atoms with E-state index in [4.69, 9.17) is 11.6 Å². The largest absolute Gasteiger partial charge is 0.273 e. The van der Waals surface area contributed by atoms with Gasteiger partial charge in [-0.25, -0.2) is 13.1 Å². The molecule has 0 atom stereocenters. The number of hydrogen-bond donors (Lipinski definition) is 1. The number of nitrogens with one attached hydrogen (secondary N) is 1. The number of amides is 1. The summed E-state index contributed by atoms with van der Waals surface area (Å²) in [5.41, 5.74) is 0. The number of alkyl halides is 1. The van der Waals surface area contributed by atoms with Crippen molar-refractivity contribution in [3.05, 3.63) is 29.3 Å². The highest BCUT2D eigenvalue weighted by Crippen LogP contribution is 2.19. The van der Waals surface area contributed by atoms with E-state index >= 15 is 0 Å². The Kier molecular flexibility index (Phi) is 4.12. The summed E-state index contributed by atoms with van der Waals surface area (Å²) in [6, 6.07) is 5.90. The Bertz CT molecular complexity index is 475. The summed E-state index contributed by atoms with van der Waals surface area (Å²) in [6.07, 6.45) is 0. The summed E-state index contributed by atoms with van der Waals surface area (Å²) in [5.74, 6) is -0.644. The summed E-state index contributed by atoms with van der Waals surface area (Å²) in [4.78, 5) is 10.8. The first kappa shape index (κ1) is 12.5. The highest BCUT2D eigenvalue weighted by molar-refractivity contribution is 9.09. The summed E-state index contributed by atoms with van der Waals surface area (Å²) in [5, 5.41) is -0.0104. The molecule has 15 heavy (non-hydrogen) atoms. The quantitative estimate of drug-likeness (QED) is 0.861. The number of carbonyl (C=O) groups is 1. The first-order chi connectivity index (χ1) is 6.97. The van der Waals surface area contributed by atoms with Crippen LogP contribution in [0.2, 0.25) is 5.02 Å². The minimum absolute atomic E-state index is 0.0763. The molecule has 0 spiro atoms. The van der Waals surface area contributed by atoms with E-state index in [1.807, 2.05) is 4.72 Å². The highest BCUT2D eigenvalue weighted by atomic mass is 79.9. The third-order valence-corrected chi connectivity index (χ3v) is 3.88. The molecule has 0 bridgehead atoms. The van der Waals surface area contributed by atoms with Crippen LogP contribution in [0.15, 0.2) is 29.2 Å². The average Bonchev–Trinajstić information content (AvgIpc) is 2.17. The number of hydrogen-bond acceptors (Lipinski definition) is 3. The van der Waals surface area contributed by atoms with Crippen molar-refractivity contribution < 1.29 is 13.2 Å². The fraction of sp³-hybridized carbons (Fsp3) is 0.125. The smallest absolute Gasteiger partial charge is 0.265 e. The number of rotatable bonds is 3. The predicted molar refractivity (Wildman–Crippen MR) is 60.6 cm³/mol. The van der Waals surface area contributed by atoms with Crippen molar-refractivity contribution in [3.63, 3.8) is 0 Å². The number of sulfonamides is 1. The second-order valence-electron chi connectivity index (χ2n) is 2.59. The summed E-state index contributed by atoms with van der Waals surface area (Å²) < 4.78 is 25.0. The first-order valence-electron chi connectivity index (χ1n) is 3.83. The van der Waals surface area contributed by atoms with Gasteiger partial charge in [-0.05, 0) is 12.1 Å². The van der Waals surface area contributed by atoms with Gasteiger partial charge in [-0.15, -0.1) is 0 Å². The van der Waals surface area contributed by atoms with Gasteiger partial charge in [-0.3, -0.25) is 4.79 Å². The molecule has 0 aromatic heterocycles. The molecular formula is C8H7BrClNO3S. The molecule has 4 nitrogen and oxygen atoms in total. The number of benzene rings is 1. The average molecular weight is 313 g/mol. The Morgan fingerprint density at radius 1 is 1.40 bits per heavy atom. The van der Waals surface area contributed by atoms with Gasteiger partial charge in [0.05, 0.1) is 10.4 Å². The van der Waals surface area contributed by atoms with Gasteiger partial charge in [0.25, 0.3) is 10.0 Å². The van der Waals surface area contributed by atoms with Crippen molar-refractivity contribution in [1.82, 2.24) is 4.72 Å². The van der Waals surface area contributed by atoms with Gasteiger partial charge >= 0.3 is 0 Å². The molecule has 1 amide bonds. The second-order valence-corrected chi connectivity index (χ2v) is 5.21. The zero-order valence-corrected chi connectivity index (χ0v) is 10.6. The minimum Gasteiger partial charge on any atom is -0.273 e. The minimum atomic E-state index is -3.86. The van der Waals surface area contributed by atoms with Crippen LogP contribution in [-0.4, -0.2) is 19.7 Å². The van der Waals surface area contributed by atoms with E-state index in [9.17, 15) is 13.2 Å². The maximum absolute atomic E-state index is 11.6. The number of halogens is 2. The molecule has 0 saturated heterocycles. The van der Waals surface area contributed by atoms with Gasteiger partial charge in [0.1, 0.15) is 4.90 Å². The Labute approximate surface area is 101 Å². The van der Waals surface area contributed by atoms with Gasteiger partial charge in [0.15, 0.2) is 0 Å². The Balaban J connectivity index is 3.07. The Morgan fingerprint density at radius 2 is 2.00 bits per heavy atom. The molecule has 0 aliphatic rings. The fourth-order valence-electron chi connectivity index (χ4n) is 0.895. The molecule has 82 valence electrons.